The molecule has 3 rings (SSSR count). The molecule has 0 bridgehead atoms. The number of carbonyl (C=O) groups excluding carboxylic acids is 1. The summed E-state index contributed by atoms with van der Waals surface area (Å²) in [6.45, 7) is 0.623. The lowest BCUT2D eigenvalue weighted by molar-refractivity contribution is 0.0637. The van der Waals surface area contributed by atoms with Crippen molar-refractivity contribution in [3.05, 3.63) is 41.2 Å². The Morgan fingerprint density at radius 2 is 2.26 bits per heavy atom. The van der Waals surface area contributed by atoms with Crippen molar-refractivity contribution >= 4 is 11.9 Å². The molecule has 19 heavy (non-hydrogen) atoms. The van der Waals surface area contributed by atoms with Crippen LogP contribution in [0.15, 0.2) is 27.3 Å². The van der Waals surface area contributed by atoms with E-state index in [2.05, 4.69) is 5.16 Å². The zero-order chi connectivity index (χ0) is 13.4. The Morgan fingerprint density at radius 1 is 1.42 bits per heavy atom. The van der Waals surface area contributed by atoms with Gasteiger partial charge in [0.2, 0.25) is 5.76 Å². The summed E-state index contributed by atoms with van der Waals surface area (Å²) in [5.74, 6) is -1.42. The first-order valence-corrected chi connectivity index (χ1v) is 5.70. The topological polar surface area (TPSA) is 96.8 Å². The van der Waals surface area contributed by atoms with Crippen molar-refractivity contribution in [2.24, 2.45) is 0 Å². The van der Waals surface area contributed by atoms with E-state index in [4.69, 9.17) is 14.0 Å². The lowest BCUT2D eigenvalue weighted by Crippen LogP contribution is -2.36. The first-order valence-electron chi connectivity index (χ1n) is 5.70. The minimum Gasteiger partial charge on any atom is -0.475 e. The van der Waals surface area contributed by atoms with Crippen molar-refractivity contribution in [3.8, 4) is 0 Å². The Morgan fingerprint density at radius 3 is 2.95 bits per heavy atom. The van der Waals surface area contributed by atoms with Crippen molar-refractivity contribution in [3.63, 3.8) is 0 Å². The number of carboxylic acid groups (broad SMARTS) is 1. The molecule has 0 unspecified atom stereocenters. The van der Waals surface area contributed by atoms with Crippen LogP contribution in [0.3, 0.4) is 0 Å². The van der Waals surface area contributed by atoms with Gasteiger partial charge in [-0.05, 0) is 12.1 Å². The summed E-state index contributed by atoms with van der Waals surface area (Å²) in [7, 11) is 0. The third-order valence-electron chi connectivity index (χ3n) is 3.05. The van der Waals surface area contributed by atoms with E-state index in [0.29, 0.717) is 24.2 Å². The minimum atomic E-state index is -1.18. The van der Waals surface area contributed by atoms with E-state index in [1.54, 1.807) is 12.1 Å². The van der Waals surface area contributed by atoms with Gasteiger partial charge in [0.05, 0.1) is 18.5 Å². The van der Waals surface area contributed by atoms with Gasteiger partial charge in [0.25, 0.3) is 5.91 Å². The molecule has 1 aliphatic heterocycles. The van der Waals surface area contributed by atoms with Gasteiger partial charge in [-0.3, -0.25) is 4.79 Å². The highest BCUT2D eigenvalue weighted by atomic mass is 16.5. The molecule has 2 aromatic heterocycles. The van der Waals surface area contributed by atoms with Crippen LogP contribution < -0.4 is 0 Å². The Labute approximate surface area is 107 Å². The number of rotatable bonds is 2. The lowest BCUT2D eigenvalue weighted by Gasteiger charge is -2.25. The van der Waals surface area contributed by atoms with Gasteiger partial charge in [-0.2, -0.15) is 0 Å². The second-order valence-corrected chi connectivity index (χ2v) is 4.20. The number of carbonyl (C=O) groups is 2. The zero-order valence-corrected chi connectivity index (χ0v) is 9.83. The van der Waals surface area contributed by atoms with E-state index in [1.165, 1.54) is 11.2 Å². The second kappa shape index (κ2) is 4.27. The Bertz CT molecular complexity index is 629. The van der Waals surface area contributed by atoms with Gasteiger partial charge < -0.3 is 18.9 Å². The van der Waals surface area contributed by atoms with Gasteiger partial charge in [-0.1, -0.05) is 5.16 Å². The smallest absolute Gasteiger partial charge is 0.375 e. The molecule has 0 spiro atoms. The molecule has 7 nitrogen and oxygen atoms in total. The summed E-state index contributed by atoms with van der Waals surface area (Å²) >= 11 is 0. The molecule has 0 saturated heterocycles. The molecule has 0 saturated carbocycles. The van der Waals surface area contributed by atoms with Crippen LogP contribution in [0.2, 0.25) is 0 Å². The number of nitrogens with zero attached hydrogens (tertiary/aromatic N) is 2. The number of carboxylic acids is 1. The third-order valence-corrected chi connectivity index (χ3v) is 3.05. The first kappa shape index (κ1) is 11.5. The predicted octanol–water partition coefficient (Wildman–Crippen LogP) is 1.16. The number of hydrogen-bond acceptors (Lipinski definition) is 5. The number of aromatic carboxylic acids is 1. The van der Waals surface area contributed by atoms with Crippen LogP contribution in [-0.4, -0.2) is 33.6 Å². The van der Waals surface area contributed by atoms with Gasteiger partial charge in [-0.15, -0.1) is 0 Å². The fraction of sp³-hybridized carbons (Fsp3) is 0.250. The minimum absolute atomic E-state index is 0.167. The highest BCUT2D eigenvalue weighted by Gasteiger charge is 2.30. The van der Waals surface area contributed by atoms with Crippen LogP contribution in [0.1, 0.15) is 32.4 Å². The maximum Gasteiger partial charge on any atom is 0.375 e. The monoisotopic (exact) mass is 262 g/mol. The molecule has 3 heterocycles. The number of hydrogen-bond donors (Lipinski definition) is 1. The predicted molar refractivity (Wildman–Crippen MR) is 60.6 cm³/mol. The molecule has 0 radical (unpaired) electrons. The molecule has 0 fully saturated rings. The molecule has 1 amide bonds. The lowest BCUT2D eigenvalue weighted by atomic mass is 10.1. The summed E-state index contributed by atoms with van der Waals surface area (Å²) in [6.07, 6.45) is 1.89. The van der Waals surface area contributed by atoms with Crippen LogP contribution in [0, 0.1) is 0 Å². The van der Waals surface area contributed by atoms with Crippen LogP contribution in [0.25, 0.3) is 0 Å². The van der Waals surface area contributed by atoms with Crippen molar-refractivity contribution < 1.29 is 23.6 Å². The molecule has 2 aromatic rings. The van der Waals surface area contributed by atoms with Crippen LogP contribution >= 0.6 is 0 Å². The zero-order valence-electron chi connectivity index (χ0n) is 9.83. The van der Waals surface area contributed by atoms with Crippen LogP contribution in [0.4, 0.5) is 0 Å². The van der Waals surface area contributed by atoms with Crippen LogP contribution in [0.5, 0.6) is 0 Å². The number of amides is 1. The Balaban J connectivity index is 1.87. The standard InChI is InChI=1S/C12H10N2O5/c15-11(9-2-1-5-18-9)14-4-3-8-7(6-14)10(12(16)17)19-13-8/h1-2,5H,3-4,6H2,(H,16,17). The summed E-state index contributed by atoms with van der Waals surface area (Å²) in [4.78, 5) is 24.6. The van der Waals surface area contributed by atoms with Gasteiger partial charge in [-0.25, -0.2) is 4.79 Å². The maximum absolute atomic E-state index is 12.1. The molecule has 1 aliphatic rings. The van der Waals surface area contributed by atoms with E-state index in [1.807, 2.05) is 0 Å². The molecule has 1 N–H and O–H groups in total. The quantitative estimate of drug-likeness (QED) is 0.872. The highest BCUT2D eigenvalue weighted by Crippen LogP contribution is 2.23. The van der Waals surface area contributed by atoms with E-state index in [9.17, 15) is 9.59 Å². The SMILES string of the molecule is O=C(O)c1onc2c1CN(C(=O)c1ccco1)CC2. The summed E-state index contributed by atoms with van der Waals surface area (Å²) in [5.41, 5.74) is 1.06. The molecule has 7 heteroatoms. The highest BCUT2D eigenvalue weighted by molar-refractivity contribution is 5.92. The van der Waals surface area contributed by atoms with Crippen molar-refractivity contribution in [1.82, 2.24) is 10.1 Å². The summed E-state index contributed by atoms with van der Waals surface area (Å²) in [5, 5.41) is 12.7. The average molecular weight is 262 g/mol. The van der Waals surface area contributed by atoms with E-state index < -0.39 is 5.97 Å². The number of furan rings is 1. The molecular formula is C12H10N2O5. The van der Waals surface area contributed by atoms with E-state index in [0.717, 1.165) is 0 Å². The first-order chi connectivity index (χ1) is 9.16. The van der Waals surface area contributed by atoms with Crippen molar-refractivity contribution in [1.29, 1.82) is 0 Å². The van der Waals surface area contributed by atoms with Gasteiger partial charge in [0.1, 0.15) is 0 Å². The summed E-state index contributed by atoms with van der Waals surface area (Å²) < 4.78 is 9.84. The summed E-state index contributed by atoms with van der Waals surface area (Å²) in [6, 6.07) is 3.20. The Kier molecular flexibility index (Phi) is 2.59. The van der Waals surface area contributed by atoms with Crippen molar-refractivity contribution in [2.45, 2.75) is 13.0 Å². The third kappa shape index (κ3) is 1.88. The van der Waals surface area contributed by atoms with Crippen LogP contribution in [-0.2, 0) is 13.0 Å². The van der Waals surface area contributed by atoms with E-state index in [-0.39, 0.29) is 24.0 Å². The molecule has 98 valence electrons. The number of aromatic nitrogens is 1. The van der Waals surface area contributed by atoms with Gasteiger partial charge in [0, 0.05) is 18.5 Å². The van der Waals surface area contributed by atoms with Crippen molar-refractivity contribution in [2.75, 3.05) is 6.54 Å². The fourth-order valence-electron chi connectivity index (χ4n) is 2.11. The average Bonchev–Trinajstić information content (AvgIpc) is 3.06. The maximum atomic E-state index is 12.1. The normalized spacial score (nSPS) is 14.2. The molecular weight excluding hydrogens is 252 g/mol. The molecule has 0 atom stereocenters. The van der Waals surface area contributed by atoms with Gasteiger partial charge >= 0.3 is 5.97 Å². The second-order valence-electron chi connectivity index (χ2n) is 4.20. The van der Waals surface area contributed by atoms with Gasteiger partial charge in [0.15, 0.2) is 5.76 Å². The van der Waals surface area contributed by atoms with E-state index >= 15 is 0 Å². The molecule has 0 aromatic carbocycles. The Hall–Kier alpha value is -2.57. The molecule has 0 aliphatic carbocycles. The largest absolute Gasteiger partial charge is 0.475 e. The fourth-order valence-corrected chi connectivity index (χ4v) is 2.11. The number of fused-ring (bicyclic) bond motifs is 1.